The monoisotopic (exact) mass is 302 g/mol. The Labute approximate surface area is 120 Å². The number of carbonyl (C=O) groups is 1. The van der Waals surface area contributed by atoms with Crippen molar-refractivity contribution in [1.29, 1.82) is 0 Å². The molecule has 0 radical (unpaired) electrons. The molecular weight excluding hydrogens is 285 g/mol. The number of carbonyl (C=O) groups excluding carboxylic acids is 1. The lowest BCUT2D eigenvalue weighted by Gasteiger charge is -2.16. The zero-order valence-electron chi connectivity index (χ0n) is 11.6. The summed E-state index contributed by atoms with van der Waals surface area (Å²) in [5, 5.41) is 5.62. The number of ether oxygens (including phenoxy) is 1. The van der Waals surface area contributed by atoms with Gasteiger partial charge in [-0.1, -0.05) is 6.07 Å². The van der Waals surface area contributed by atoms with E-state index in [0.717, 1.165) is 12.6 Å². The number of hydrogen-bond acceptors (Lipinski definition) is 3. The molecule has 1 aromatic rings. The lowest BCUT2D eigenvalue weighted by Crippen LogP contribution is -2.32. The van der Waals surface area contributed by atoms with Gasteiger partial charge in [0.15, 0.2) is 0 Å². The molecule has 1 saturated heterocycles. The van der Waals surface area contributed by atoms with Crippen molar-refractivity contribution in [2.75, 3.05) is 20.2 Å². The highest BCUT2D eigenvalue weighted by atomic mass is 19.4. The maximum Gasteiger partial charge on any atom is 0.416 e. The van der Waals surface area contributed by atoms with Crippen molar-refractivity contribution < 1.29 is 22.7 Å². The molecule has 1 amide bonds. The summed E-state index contributed by atoms with van der Waals surface area (Å²) in [6.45, 7) is 1.18. The minimum Gasteiger partial charge on any atom is -0.497 e. The second kappa shape index (κ2) is 6.34. The molecule has 1 unspecified atom stereocenters. The van der Waals surface area contributed by atoms with Crippen LogP contribution >= 0.6 is 0 Å². The fourth-order valence-electron chi connectivity index (χ4n) is 2.31. The maximum absolute atomic E-state index is 13.0. The van der Waals surface area contributed by atoms with Gasteiger partial charge < -0.3 is 15.4 Å². The second-order valence-corrected chi connectivity index (χ2v) is 4.93. The topological polar surface area (TPSA) is 50.4 Å². The highest BCUT2D eigenvalue weighted by Crippen LogP contribution is 2.34. The minimum atomic E-state index is -4.48. The van der Waals surface area contributed by atoms with Crippen LogP contribution in [0.5, 0.6) is 5.75 Å². The smallest absolute Gasteiger partial charge is 0.416 e. The van der Waals surface area contributed by atoms with E-state index < -0.39 is 11.7 Å². The van der Waals surface area contributed by atoms with Crippen molar-refractivity contribution in [2.45, 2.75) is 19.1 Å². The first-order chi connectivity index (χ1) is 9.91. The van der Waals surface area contributed by atoms with Crippen molar-refractivity contribution in [3.8, 4) is 5.75 Å². The summed E-state index contributed by atoms with van der Waals surface area (Å²) < 4.78 is 43.9. The van der Waals surface area contributed by atoms with E-state index in [9.17, 15) is 18.0 Å². The van der Waals surface area contributed by atoms with Crippen LogP contribution in [0.4, 0.5) is 13.2 Å². The van der Waals surface area contributed by atoms with Crippen LogP contribution in [0.15, 0.2) is 18.2 Å². The van der Waals surface area contributed by atoms with E-state index >= 15 is 0 Å². The first kappa shape index (κ1) is 15.6. The van der Waals surface area contributed by atoms with Crippen LogP contribution in [-0.2, 0) is 17.5 Å². The number of amides is 1. The summed E-state index contributed by atoms with van der Waals surface area (Å²) in [5.74, 6) is -0.251. The molecule has 4 nitrogen and oxygen atoms in total. The quantitative estimate of drug-likeness (QED) is 0.893. The van der Waals surface area contributed by atoms with Crippen molar-refractivity contribution in [3.63, 3.8) is 0 Å². The maximum atomic E-state index is 13.0. The van der Waals surface area contributed by atoms with E-state index in [0.29, 0.717) is 13.0 Å². The van der Waals surface area contributed by atoms with Crippen molar-refractivity contribution in [1.82, 2.24) is 10.6 Å². The largest absolute Gasteiger partial charge is 0.497 e. The number of hydrogen-bond donors (Lipinski definition) is 2. The van der Waals surface area contributed by atoms with Gasteiger partial charge in [-0.05, 0) is 30.7 Å². The Bertz CT molecular complexity index is 511. The Kier molecular flexibility index (Phi) is 4.72. The molecule has 116 valence electrons. The van der Waals surface area contributed by atoms with Gasteiger partial charge in [-0.25, -0.2) is 0 Å². The molecular formula is C14H17F3N2O2. The molecule has 1 aromatic carbocycles. The first-order valence-electron chi connectivity index (χ1n) is 6.64. The van der Waals surface area contributed by atoms with E-state index in [1.165, 1.54) is 19.2 Å². The van der Waals surface area contributed by atoms with Gasteiger partial charge in [0.2, 0.25) is 5.91 Å². The fraction of sp³-hybridized carbons (Fsp3) is 0.500. The lowest BCUT2D eigenvalue weighted by molar-refractivity contribution is -0.138. The Hall–Kier alpha value is -1.76. The highest BCUT2D eigenvalue weighted by molar-refractivity contribution is 5.79. The molecule has 0 aromatic heterocycles. The fourth-order valence-corrected chi connectivity index (χ4v) is 2.31. The SMILES string of the molecule is COc1ccc(CNC(=O)C2CCNC2)c(C(F)(F)F)c1. The molecule has 7 heteroatoms. The van der Waals surface area contributed by atoms with Crippen LogP contribution in [0.3, 0.4) is 0 Å². The third-order valence-corrected chi connectivity index (χ3v) is 3.51. The molecule has 21 heavy (non-hydrogen) atoms. The number of methoxy groups -OCH3 is 1. The van der Waals surface area contributed by atoms with Gasteiger partial charge in [0.1, 0.15) is 5.75 Å². The van der Waals surface area contributed by atoms with Crippen LogP contribution in [-0.4, -0.2) is 26.1 Å². The van der Waals surface area contributed by atoms with Crippen LogP contribution in [0.25, 0.3) is 0 Å². The Morgan fingerprint density at radius 3 is 2.81 bits per heavy atom. The van der Waals surface area contributed by atoms with Gasteiger partial charge in [0.05, 0.1) is 18.6 Å². The predicted octanol–water partition coefficient (Wildman–Crippen LogP) is 1.94. The average Bonchev–Trinajstić information content (AvgIpc) is 2.97. The van der Waals surface area contributed by atoms with Gasteiger partial charge in [0, 0.05) is 13.1 Å². The molecule has 0 bridgehead atoms. The van der Waals surface area contributed by atoms with Gasteiger partial charge >= 0.3 is 6.18 Å². The van der Waals surface area contributed by atoms with Gasteiger partial charge in [0.25, 0.3) is 0 Å². The van der Waals surface area contributed by atoms with Crippen LogP contribution < -0.4 is 15.4 Å². The van der Waals surface area contributed by atoms with Crippen molar-refractivity contribution in [2.24, 2.45) is 5.92 Å². The standard InChI is InChI=1S/C14H17F3N2O2/c1-21-11-3-2-9(12(6-11)14(15,16)17)8-19-13(20)10-4-5-18-7-10/h2-3,6,10,18H,4-5,7-8H2,1H3,(H,19,20). The summed E-state index contributed by atoms with van der Waals surface area (Å²) in [6, 6.07) is 3.72. The summed E-state index contributed by atoms with van der Waals surface area (Å²) in [6.07, 6.45) is -3.77. The molecule has 1 fully saturated rings. The van der Waals surface area contributed by atoms with Crippen LogP contribution in [0.1, 0.15) is 17.5 Å². The van der Waals surface area contributed by atoms with E-state index in [-0.39, 0.29) is 29.7 Å². The molecule has 0 saturated carbocycles. The van der Waals surface area contributed by atoms with Gasteiger partial charge in [-0.3, -0.25) is 4.79 Å². The van der Waals surface area contributed by atoms with E-state index in [1.807, 2.05) is 0 Å². The van der Waals surface area contributed by atoms with Gasteiger partial charge in [-0.15, -0.1) is 0 Å². The number of benzene rings is 1. The zero-order chi connectivity index (χ0) is 15.5. The van der Waals surface area contributed by atoms with Crippen LogP contribution in [0, 0.1) is 5.92 Å². The molecule has 2 N–H and O–H groups in total. The molecule has 0 spiro atoms. The van der Waals surface area contributed by atoms with Crippen molar-refractivity contribution in [3.05, 3.63) is 29.3 Å². The molecule has 1 heterocycles. The number of rotatable bonds is 4. The predicted molar refractivity (Wildman–Crippen MR) is 70.8 cm³/mol. The van der Waals surface area contributed by atoms with Gasteiger partial charge in [-0.2, -0.15) is 13.2 Å². The molecule has 0 aliphatic carbocycles. The Morgan fingerprint density at radius 1 is 1.48 bits per heavy atom. The summed E-state index contributed by atoms with van der Waals surface area (Å²) in [4.78, 5) is 11.8. The zero-order valence-corrected chi connectivity index (χ0v) is 11.6. The Balaban J connectivity index is 2.10. The number of halogens is 3. The lowest BCUT2D eigenvalue weighted by atomic mass is 10.1. The number of alkyl halides is 3. The number of nitrogens with one attached hydrogen (secondary N) is 2. The summed E-state index contributed by atoms with van der Waals surface area (Å²) in [7, 11) is 1.31. The molecule has 1 atom stereocenters. The summed E-state index contributed by atoms with van der Waals surface area (Å²) >= 11 is 0. The molecule has 1 aliphatic rings. The molecule has 2 rings (SSSR count). The van der Waals surface area contributed by atoms with E-state index in [4.69, 9.17) is 4.74 Å². The third-order valence-electron chi connectivity index (χ3n) is 3.51. The first-order valence-corrected chi connectivity index (χ1v) is 6.64. The average molecular weight is 302 g/mol. The Morgan fingerprint density at radius 2 is 2.24 bits per heavy atom. The van der Waals surface area contributed by atoms with E-state index in [1.54, 1.807) is 0 Å². The second-order valence-electron chi connectivity index (χ2n) is 4.93. The van der Waals surface area contributed by atoms with E-state index in [2.05, 4.69) is 10.6 Å². The van der Waals surface area contributed by atoms with Crippen molar-refractivity contribution >= 4 is 5.91 Å². The summed E-state index contributed by atoms with van der Waals surface area (Å²) in [5.41, 5.74) is -0.755. The highest BCUT2D eigenvalue weighted by Gasteiger charge is 2.34. The minimum absolute atomic E-state index is 0.0302. The van der Waals surface area contributed by atoms with Crippen LogP contribution in [0.2, 0.25) is 0 Å². The normalized spacial score (nSPS) is 18.6. The third kappa shape index (κ3) is 3.87. The molecule has 1 aliphatic heterocycles.